The van der Waals surface area contributed by atoms with Gasteiger partial charge in [-0.2, -0.15) is 0 Å². The van der Waals surface area contributed by atoms with Crippen molar-refractivity contribution in [3.63, 3.8) is 0 Å². The number of nitrogens with one attached hydrogen (secondary N) is 1. The summed E-state index contributed by atoms with van der Waals surface area (Å²) >= 11 is 0. The first-order valence-electron chi connectivity index (χ1n) is 3.82. The topological polar surface area (TPSA) is 30.5 Å². The Hall–Kier alpha value is -0.120. The van der Waals surface area contributed by atoms with E-state index in [4.69, 9.17) is 9.47 Å². The average molecular weight is 145 g/mol. The Morgan fingerprint density at radius 2 is 2.40 bits per heavy atom. The maximum Gasteiger partial charge on any atom is 0.0643 e. The van der Waals surface area contributed by atoms with Crippen LogP contribution in [0.2, 0.25) is 0 Å². The van der Waals surface area contributed by atoms with E-state index < -0.39 is 0 Å². The Balaban J connectivity index is 1.76. The van der Waals surface area contributed by atoms with Gasteiger partial charge in [0.05, 0.1) is 25.9 Å². The summed E-state index contributed by atoms with van der Waals surface area (Å²) in [6.07, 6.45) is 0. The lowest BCUT2D eigenvalue weighted by atomic mass is 10.2. The first kappa shape index (κ1) is 7.98. The van der Waals surface area contributed by atoms with Crippen molar-refractivity contribution in [2.45, 2.75) is 13.0 Å². The minimum atomic E-state index is 0.584. The standard InChI is InChI=1S/C7H15NO2/c1-2-9-4-3-8-7-5-10-6-7/h7-8H,2-6H2,1H3. The van der Waals surface area contributed by atoms with Gasteiger partial charge >= 0.3 is 0 Å². The zero-order chi connectivity index (χ0) is 7.23. The van der Waals surface area contributed by atoms with Crippen molar-refractivity contribution in [1.82, 2.24) is 5.32 Å². The highest BCUT2D eigenvalue weighted by atomic mass is 16.5. The van der Waals surface area contributed by atoms with Gasteiger partial charge in [-0.3, -0.25) is 0 Å². The van der Waals surface area contributed by atoms with Crippen LogP contribution in [-0.2, 0) is 9.47 Å². The van der Waals surface area contributed by atoms with E-state index in [-0.39, 0.29) is 0 Å². The summed E-state index contributed by atoms with van der Waals surface area (Å²) in [5, 5.41) is 3.30. The van der Waals surface area contributed by atoms with Crippen molar-refractivity contribution >= 4 is 0 Å². The molecule has 0 spiro atoms. The van der Waals surface area contributed by atoms with Gasteiger partial charge in [-0.1, -0.05) is 0 Å². The van der Waals surface area contributed by atoms with Crippen molar-refractivity contribution in [2.24, 2.45) is 0 Å². The predicted molar refractivity (Wildman–Crippen MR) is 39.1 cm³/mol. The summed E-state index contributed by atoms with van der Waals surface area (Å²) in [5.41, 5.74) is 0. The number of ether oxygens (including phenoxy) is 2. The number of hydrogen-bond acceptors (Lipinski definition) is 3. The van der Waals surface area contributed by atoms with Gasteiger partial charge < -0.3 is 14.8 Å². The van der Waals surface area contributed by atoms with Gasteiger partial charge in [-0.25, -0.2) is 0 Å². The van der Waals surface area contributed by atoms with E-state index in [0.717, 1.165) is 33.0 Å². The number of hydrogen-bond donors (Lipinski definition) is 1. The summed E-state index contributed by atoms with van der Waals surface area (Å²) in [5.74, 6) is 0. The molecule has 10 heavy (non-hydrogen) atoms. The lowest BCUT2D eigenvalue weighted by molar-refractivity contribution is -0.00787. The zero-order valence-electron chi connectivity index (χ0n) is 6.43. The molecule has 0 radical (unpaired) electrons. The normalized spacial score (nSPS) is 18.9. The van der Waals surface area contributed by atoms with Gasteiger partial charge in [-0.05, 0) is 6.92 Å². The highest BCUT2D eigenvalue weighted by Crippen LogP contribution is 1.97. The molecular formula is C7H15NO2. The van der Waals surface area contributed by atoms with Crippen LogP contribution >= 0.6 is 0 Å². The van der Waals surface area contributed by atoms with Gasteiger partial charge in [0, 0.05) is 13.2 Å². The second kappa shape index (κ2) is 4.66. The number of rotatable bonds is 5. The van der Waals surface area contributed by atoms with Crippen molar-refractivity contribution in [3.05, 3.63) is 0 Å². The van der Waals surface area contributed by atoms with Crippen LogP contribution in [0.1, 0.15) is 6.92 Å². The highest BCUT2D eigenvalue weighted by Gasteiger charge is 2.16. The van der Waals surface area contributed by atoms with E-state index in [1.165, 1.54) is 0 Å². The molecule has 0 bridgehead atoms. The summed E-state index contributed by atoms with van der Waals surface area (Å²) in [7, 11) is 0. The molecule has 1 fully saturated rings. The zero-order valence-corrected chi connectivity index (χ0v) is 6.43. The van der Waals surface area contributed by atoms with Crippen molar-refractivity contribution in [1.29, 1.82) is 0 Å². The van der Waals surface area contributed by atoms with Crippen LogP contribution in [0.3, 0.4) is 0 Å². The van der Waals surface area contributed by atoms with Crippen LogP contribution in [0.15, 0.2) is 0 Å². The van der Waals surface area contributed by atoms with Gasteiger partial charge in [0.25, 0.3) is 0 Å². The van der Waals surface area contributed by atoms with E-state index in [9.17, 15) is 0 Å². The van der Waals surface area contributed by atoms with Crippen molar-refractivity contribution < 1.29 is 9.47 Å². The molecule has 0 saturated carbocycles. The molecule has 60 valence electrons. The van der Waals surface area contributed by atoms with Gasteiger partial charge in [-0.15, -0.1) is 0 Å². The lowest BCUT2D eigenvalue weighted by Gasteiger charge is -2.26. The monoisotopic (exact) mass is 145 g/mol. The summed E-state index contributed by atoms with van der Waals surface area (Å²) in [6, 6.07) is 0.584. The molecule has 0 aromatic heterocycles. The molecule has 0 atom stereocenters. The molecule has 0 unspecified atom stereocenters. The Bertz CT molecular complexity index is 83.7. The van der Waals surface area contributed by atoms with Crippen molar-refractivity contribution in [3.8, 4) is 0 Å². The molecule has 0 aromatic carbocycles. The summed E-state index contributed by atoms with van der Waals surface area (Å²) in [4.78, 5) is 0. The quantitative estimate of drug-likeness (QED) is 0.553. The SMILES string of the molecule is CCOCCNC1COC1. The second-order valence-corrected chi connectivity index (χ2v) is 2.39. The average Bonchev–Trinajstić information content (AvgIpc) is 1.84. The minimum absolute atomic E-state index is 0.584. The molecule has 1 saturated heterocycles. The fourth-order valence-corrected chi connectivity index (χ4v) is 0.833. The van der Waals surface area contributed by atoms with Crippen LogP contribution < -0.4 is 5.32 Å². The third-order valence-corrected chi connectivity index (χ3v) is 1.52. The molecule has 0 aromatic rings. The molecule has 0 amide bonds. The molecule has 3 nitrogen and oxygen atoms in total. The minimum Gasteiger partial charge on any atom is -0.380 e. The first-order chi connectivity index (χ1) is 4.93. The fourth-order valence-electron chi connectivity index (χ4n) is 0.833. The Morgan fingerprint density at radius 3 is 2.90 bits per heavy atom. The molecular weight excluding hydrogens is 130 g/mol. The Labute approximate surface area is 61.7 Å². The maximum atomic E-state index is 5.15. The molecule has 1 aliphatic heterocycles. The van der Waals surface area contributed by atoms with Crippen LogP contribution in [0.5, 0.6) is 0 Å². The molecule has 0 aliphatic carbocycles. The van der Waals surface area contributed by atoms with Crippen LogP contribution in [0.4, 0.5) is 0 Å². The lowest BCUT2D eigenvalue weighted by Crippen LogP contribution is -2.46. The third-order valence-electron chi connectivity index (χ3n) is 1.52. The van der Waals surface area contributed by atoms with Crippen LogP contribution in [0.25, 0.3) is 0 Å². The highest BCUT2D eigenvalue weighted by molar-refractivity contribution is 4.71. The first-order valence-corrected chi connectivity index (χ1v) is 3.82. The van der Waals surface area contributed by atoms with Crippen molar-refractivity contribution in [2.75, 3.05) is 33.0 Å². The third kappa shape index (κ3) is 2.64. The molecule has 3 heteroatoms. The summed E-state index contributed by atoms with van der Waals surface area (Å²) < 4.78 is 10.1. The molecule has 1 aliphatic rings. The maximum absolute atomic E-state index is 5.15. The van der Waals surface area contributed by atoms with Gasteiger partial charge in [0.1, 0.15) is 0 Å². The Morgan fingerprint density at radius 1 is 1.60 bits per heavy atom. The van der Waals surface area contributed by atoms with E-state index >= 15 is 0 Å². The molecule has 1 heterocycles. The van der Waals surface area contributed by atoms with E-state index in [0.29, 0.717) is 6.04 Å². The largest absolute Gasteiger partial charge is 0.380 e. The van der Waals surface area contributed by atoms with Gasteiger partial charge in [0.2, 0.25) is 0 Å². The predicted octanol–water partition coefficient (Wildman–Crippen LogP) is 0.0113. The van der Waals surface area contributed by atoms with E-state index in [1.54, 1.807) is 0 Å². The molecule has 1 N–H and O–H groups in total. The van der Waals surface area contributed by atoms with Crippen LogP contribution in [0, 0.1) is 0 Å². The smallest absolute Gasteiger partial charge is 0.0643 e. The Kier molecular flexibility index (Phi) is 3.72. The summed E-state index contributed by atoms with van der Waals surface area (Å²) in [6.45, 7) is 6.31. The fraction of sp³-hybridized carbons (Fsp3) is 1.00. The van der Waals surface area contributed by atoms with Gasteiger partial charge in [0.15, 0.2) is 0 Å². The van der Waals surface area contributed by atoms with E-state index in [2.05, 4.69) is 5.32 Å². The molecule has 1 rings (SSSR count). The van der Waals surface area contributed by atoms with E-state index in [1.807, 2.05) is 6.92 Å². The second-order valence-electron chi connectivity index (χ2n) is 2.39. The van der Waals surface area contributed by atoms with Crippen LogP contribution in [-0.4, -0.2) is 39.0 Å².